The summed E-state index contributed by atoms with van der Waals surface area (Å²) >= 11 is 0. The second-order valence-electron chi connectivity index (χ2n) is 8.47. The van der Waals surface area contributed by atoms with Crippen molar-refractivity contribution in [3.63, 3.8) is 0 Å². The van der Waals surface area contributed by atoms with Gasteiger partial charge in [0.25, 0.3) is 0 Å². The molecule has 0 saturated carbocycles. The van der Waals surface area contributed by atoms with Gasteiger partial charge in [0.05, 0.1) is 11.4 Å². The molecule has 1 aliphatic heterocycles. The predicted octanol–water partition coefficient (Wildman–Crippen LogP) is 6.22. The molecule has 170 valence electrons. The minimum Gasteiger partial charge on any atom is -0.379 e. The Labute approximate surface area is 199 Å². The Bertz CT molecular complexity index is 1470. The number of rotatable bonds is 5. The van der Waals surface area contributed by atoms with Crippen LogP contribution in [0, 0.1) is 6.92 Å². The maximum absolute atomic E-state index is 12.9. The standard InChI is InChI=1S/C28H24N2O3S/c1-20-13-16-24(17-14-20)34(31,32)33-23-15-18-26-25(19-23)27(29-22-11-7-4-8-12-22)28(2,30-26)21-9-5-3-6-10-21/h3-19,30H,1-2H3. The van der Waals surface area contributed by atoms with Crippen LogP contribution in [0.1, 0.15) is 23.6 Å². The normalized spacial score (nSPS) is 18.4. The van der Waals surface area contributed by atoms with Crippen molar-refractivity contribution in [2.75, 3.05) is 5.32 Å². The van der Waals surface area contributed by atoms with E-state index < -0.39 is 15.7 Å². The van der Waals surface area contributed by atoms with Crippen LogP contribution in [0.4, 0.5) is 11.4 Å². The van der Waals surface area contributed by atoms with Gasteiger partial charge in [0, 0.05) is 11.3 Å². The van der Waals surface area contributed by atoms with Crippen LogP contribution in [-0.4, -0.2) is 14.1 Å². The van der Waals surface area contributed by atoms with Gasteiger partial charge < -0.3 is 9.50 Å². The number of para-hydroxylation sites is 1. The van der Waals surface area contributed by atoms with Crippen LogP contribution in [0.3, 0.4) is 0 Å². The molecule has 0 spiro atoms. The molecule has 34 heavy (non-hydrogen) atoms. The van der Waals surface area contributed by atoms with Gasteiger partial charge in [-0.1, -0.05) is 66.2 Å². The van der Waals surface area contributed by atoms with Crippen molar-refractivity contribution in [1.82, 2.24) is 0 Å². The van der Waals surface area contributed by atoms with Crippen molar-refractivity contribution < 1.29 is 12.6 Å². The lowest BCUT2D eigenvalue weighted by atomic mass is 9.87. The van der Waals surface area contributed by atoms with E-state index in [9.17, 15) is 8.42 Å². The van der Waals surface area contributed by atoms with Gasteiger partial charge in [0.2, 0.25) is 0 Å². The molecule has 0 fully saturated rings. The second kappa shape index (κ2) is 8.47. The zero-order valence-corrected chi connectivity index (χ0v) is 19.7. The van der Waals surface area contributed by atoms with Crippen LogP contribution in [-0.2, 0) is 15.7 Å². The highest BCUT2D eigenvalue weighted by Crippen LogP contribution is 2.42. The number of hydrogen-bond acceptors (Lipinski definition) is 5. The summed E-state index contributed by atoms with van der Waals surface area (Å²) in [4.78, 5) is 5.10. The number of aryl methyl sites for hydroxylation is 1. The van der Waals surface area contributed by atoms with E-state index in [-0.39, 0.29) is 10.6 Å². The van der Waals surface area contributed by atoms with Crippen molar-refractivity contribution in [2.45, 2.75) is 24.3 Å². The first-order valence-corrected chi connectivity index (χ1v) is 12.4. The van der Waals surface area contributed by atoms with E-state index >= 15 is 0 Å². The molecule has 5 rings (SSSR count). The van der Waals surface area contributed by atoms with Crippen molar-refractivity contribution >= 4 is 27.2 Å². The first kappa shape index (κ1) is 21.9. The lowest BCUT2D eigenvalue weighted by Crippen LogP contribution is -2.35. The van der Waals surface area contributed by atoms with E-state index in [1.54, 1.807) is 36.4 Å². The number of anilines is 1. The van der Waals surface area contributed by atoms with Crippen molar-refractivity contribution in [1.29, 1.82) is 0 Å². The fourth-order valence-corrected chi connectivity index (χ4v) is 5.06. The van der Waals surface area contributed by atoms with E-state index in [0.717, 1.165) is 33.8 Å². The van der Waals surface area contributed by atoms with Crippen molar-refractivity contribution in [2.24, 2.45) is 4.99 Å². The number of fused-ring (bicyclic) bond motifs is 1. The first-order chi connectivity index (χ1) is 16.3. The maximum Gasteiger partial charge on any atom is 0.339 e. The van der Waals surface area contributed by atoms with Crippen molar-refractivity contribution in [3.05, 3.63) is 120 Å². The van der Waals surface area contributed by atoms with E-state index in [2.05, 4.69) is 24.4 Å². The number of hydrogen-bond donors (Lipinski definition) is 1. The highest BCUT2D eigenvalue weighted by atomic mass is 32.2. The summed E-state index contributed by atoms with van der Waals surface area (Å²) in [5.74, 6) is 0.235. The molecule has 5 nitrogen and oxygen atoms in total. The second-order valence-corrected chi connectivity index (χ2v) is 10.0. The monoisotopic (exact) mass is 468 g/mol. The van der Waals surface area contributed by atoms with Crippen LogP contribution in [0.25, 0.3) is 0 Å². The minimum absolute atomic E-state index is 0.115. The lowest BCUT2D eigenvalue weighted by Gasteiger charge is -2.27. The quantitative estimate of drug-likeness (QED) is 0.353. The molecular weight excluding hydrogens is 444 g/mol. The van der Waals surface area contributed by atoms with Crippen LogP contribution in [0.5, 0.6) is 5.75 Å². The van der Waals surface area contributed by atoms with Gasteiger partial charge in [-0.2, -0.15) is 8.42 Å². The van der Waals surface area contributed by atoms with Gasteiger partial charge >= 0.3 is 10.1 Å². The van der Waals surface area contributed by atoms with E-state index in [4.69, 9.17) is 9.18 Å². The van der Waals surface area contributed by atoms with Crippen LogP contribution >= 0.6 is 0 Å². The molecule has 1 heterocycles. The third-order valence-corrected chi connectivity index (χ3v) is 7.23. The number of nitrogens with zero attached hydrogens (tertiary/aromatic N) is 1. The predicted molar refractivity (Wildman–Crippen MR) is 135 cm³/mol. The Morgan fingerprint density at radius 1 is 0.824 bits per heavy atom. The molecular formula is C28H24N2O3S. The van der Waals surface area contributed by atoms with E-state index in [0.29, 0.717) is 0 Å². The molecule has 0 amide bonds. The molecule has 6 heteroatoms. The Kier molecular flexibility index (Phi) is 5.46. The molecule has 1 N–H and O–H groups in total. The number of benzene rings is 4. The summed E-state index contributed by atoms with van der Waals surface area (Å²) in [5.41, 5.74) is 4.69. The molecule has 4 aromatic carbocycles. The summed E-state index contributed by atoms with van der Waals surface area (Å²) in [6, 6.07) is 31.6. The minimum atomic E-state index is -3.97. The summed E-state index contributed by atoms with van der Waals surface area (Å²) in [7, 11) is -3.97. The van der Waals surface area contributed by atoms with Gasteiger partial charge in [-0.25, -0.2) is 4.99 Å². The van der Waals surface area contributed by atoms with Crippen LogP contribution in [0.2, 0.25) is 0 Å². The van der Waals surface area contributed by atoms with Gasteiger partial charge in [0.15, 0.2) is 0 Å². The molecule has 1 unspecified atom stereocenters. The maximum atomic E-state index is 12.9. The zero-order valence-electron chi connectivity index (χ0n) is 18.9. The number of aliphatic imine (C=N–C) groups is 1. The van der Waals surface area contributed by atoms with Crippen LogP contribution in [0.15, 0.2) is 113 Å². The average Bonchev–Trinajstić information content (AvgIpc) is 3.12. The Balaban J connectivity index is 1.58. The van der Waals surface area contributed by atoms with E-state index in [1.165, 1.54) is 0 Å². The molecule has 0 radical (unpaired) electrons. The molecule has 1 aliphatic rings. The largest absolute Gasteiger partial charge is 0.379 e. The van der Waals surface area contributed by atoms with Gasteiger partial charge in [-0.15, -0.1) is 0 Å². The van der Waals surface area contributed by atoms with Gasteiger partial charge in [0.1, 0.15) is 16.2 Å². The van der Waals surface area contributed by atoms with Gasteiger partial charge in [-0.05, 0) is 61.9 Å². The topological polar surface area (TPSA) is 67.8 Å². The Morgan fingerprint density at radius 2 is 1.47 bits per heavy atom. The third-order valence-electron chi connectivity index (χ3n) is 5.97. The first-order valence-electron chi connectivity index (χ1n) is 11.0. The summed E-state index contributed by atoms with van der Waals surface area (Å²) < 4.78 is 31.2. The summed E-state index contributed by atoms with van der Waals surface area (Å²) in [6.45, 7) is 3.98. The highest BCUT2D eigenvalue weighted by molar-refractivity contribution is 7.87. The lowest BCUT2D eigenvalue weighted by molar-refractivity contribution is 0.486. The van der Waals surface area contributed by atoms with E-state index in [1.807, 2.05) is 61.5 Å². The Hall–Kier alpha value is -3.90. The third kappa shape index (κ3) is 4.08. The zero-order chi connectivity index (χ0) is 23.8. The molecule has 0 aliphatic carbocycles. The van der Waals surface area contributed by atoms with Gasteiger partial charge in [-0.3, -0.25) is 0 Å². The fourth-order valence-electron chi connectivity index (χ4n) is 4.14. The average molecular weight is 469 g/mol. The fraction of sp³-hybridized carbons (Fsp3) is 0.107. The summed E-state index contributed by atoms with van der Waals surface area (Å²) in [6.07, 6.45) is 0. The SMILES string of the molecule is Cc1ccc(S(=O)(=O)Oc2ccc3c(c2)C(=Nc2ccccc2)C(C)(c2ccccc2)N3)cc1. The molecule has 4 aromatic rings. The molecule has 0 bridgehead atoms. The highest BCUT2D eigenvalue weighted by Gasteiger charge is 2.41. The number of nitrogens with one attached hydrogen (secondary N) is 1. The summed E-state index contributed by atoms with van der Waals surface area (Å²) in [5, 5.41) is 3.59. The smallest absolute Gasteiger partial charge is 0.339 e. The molecule has 0 saturated heterocycles. The van der Waals surface area contributed by atoms with Crippen LogP contribution < -0.4 is 9.50 Å². The molecule has 0 aromatic heterocycles. The van der Waals surface area contributed by atoms with Crippen molar-refractivity contribution in [3.8, 4) is 5.75 Å². The molecule has 1 atom stereocenters. The Morgan fingerprint density at radius 3 is 2.15 bits per heavy atom.